The summed E-state index contributed by atoms with van der Waals surface area (Å²) in [5, 5.41) is 13.1. The summed E-state index contributed by atoms with van der Waals surface area (Å²) in [5.74, 6) is -0.105. The predicted molar refractivity (Wildman–Crippen MR) is 174 cm³/mol. The Hall–Kier alpha value is -3.14. The number of hydrogen-bond donors (Lipinski definition) is 3. The summed E-state index contributed by atoms with van der Waals surface area (Å²) in [5.41, 5.74) is 4.48. The van der Waals surface area contributed by atoms with E-state index in [9.17, 15) is 9.90 Å². The van der Waals surface area contributed by atoms with Gasteiger partial charge < -0.3 is 19.9 Å². The number of carboxylic acids is 1. The van der Waals surface area contributed by atoms with Gasteiger partial charge in [0.15, 0.2) is 0 Å². The van der Waals surface area contributed by atoms with Crippen molar-refractivity contribution < 1.29 is 19.4 Å². The number of nitrogens with one attached hydrogen (secondary N) is 2. The van der Waals surface area contributed by atoms with Gasteiger partial charge in [-0.25, -0.2) is 9.78 Å². The third-order valence-corrected chi connectivity index (χ3v) is 8.59. The van der Waals surface area contributed by atoms with Crippen molar-refractivity contribution in [3.05, 3.63) is 65.2 Å². The third kappa shape index (κ3) is 9.42. The molecule has 0 amide bonds. The van der Waals surface area contributed by atoms with E-state index < -0.39 is 5.97 Å². The van der Waals surface area contributed by atoms with Gasteiger partial charge in [0.2, 0.25) is 11.8 Å². The first-order valence-corrected chi connectivity index (χ1v) is 15.8. The first kappa shape index (κ1) is 32.8. The Morgan fingerprint density at radius 1 is 1.14 bits per heavy atom. The molecule has 2 aromatic carbocycles. The number of carbonyl (C=O) groups is 1. The molecule has 0 radical (unpaired) electrons. The molecular formula is C34H46N4O4S. The minimum absolute atomic E-state index is 0.101. The fourth-order valence-electron chi connectivity index (χ4n) is 5.55. The van der Waals surface area contributed by atoms with Crippen molar-refractivity contribution in [2.75, 3.05) is 24.5 Å². The lowest BCUT2D eigenvalue weighted by Crippen LogP contribution is -2.48. The summed E-state index contributed by atoms with van der Waals surface area (Å²) in [7, 11) is 0. The van der Waals surface area contributed by atoms with Gasteiger partial charge in [-0.2, -0.15) is 4.98 Å². The molecule has 1 aliphatic heterocycles. The van der Waals surface area contributed by atoms with E-state index in [0.717, 1.165) is 59.7 Å². The van der Waals surface area contributed by atoms with Crippen molar-refractivity contribution in [1.82, 2.24) is 15.3 Å². The second kappa shape index (κ2) is 14.1. The van der Waals surface area contributed by atoms with Crippen LogP contribution in [0.2, 0.25) is 0 Å². The average molecular weight is 607 g/mol. The van der Waals surface area contributed by atoms with Crippen molar-refractivity contribution >= 4 is 23.9 Å². The first-order valence-electron chi connectivity index (χ1n) is 15.0. The van der Waals surface area contributed by atoms with Crippen LogP contribution in [-0.2, 0) is 4.74 Å². The van der Waals surface area contributed by atoms with Crippen molar-refractivity contribution in [2.45, 2.75) is 84.8 Å². The summed E-state index contributed by atoms with van der Waals surface area (Å²) in [6, 6.07) is 14.9. The topological polar surface area (TPSA) is 106 Å². The molecule has 9 heteroatoms. The number of aryl methyl sites for hydroxylation is 2. The lowest BCUT2D eigenvalue weighted by atomic mass is 9.80. The zero-order valence-corrected chi connectivity index (χ0v) is 27.3. The predicted octanol–water partition coefficient (Wildman–Crippen LogP) is 7.56. The standard InChI is InChI=1S/C34H46N4O4S/c1-22-11-8-12-23(2)30(22)27-18-29(37-32(36-27)38-43-26-14-9-13-24(17-26)31(39)40)42-21-25(19-33(3,4)5)35-20-28-34(6,7)15-10-16-41-28/h8-9,11-14,17-18,25,28,35H,10,15-16,19-21H2,1-7H3,(H,39,40)(H,36,37,38). The quantitative estimate of drug-likeness (QED) is 0.180. The number of carboxylic acid groups (broad SMARTS) is 1. The Labute approximate surface area is 260 Å². The van der Waals surface area contributed by atoms with E-state index in [1.54, 1.807) is 18.2 Å². The summed E-state index contributed by atoms with van der Waals surface area (Å²) >= 11 is 1.26. The van der Waals surface area contributed by atoms with Crippen molar-refractivity contribution in [2.24, 2.45) is 10.8 Å². The summed E-state index contributed by atoms with van der Waals surface area (Å²) in [6.45, 7) is 17.5. The molecule has 0 bridgehead atoms. The van der Waals surface area contributed by atoms with Gasteiger partial charge >= 0.3 is 5.97 Å². The maximum absolute atomic E-state index is 11.4. The van der Waals surface area contributed by atoms with Crippen LogP contribution < -0.4 is 14.8 Å². The van der Waals surface area contributed by atoms with E-state index in [0.29, 0.717) is 18.4 Å². The maximum Gasteiger partial charge on any atom is 0.335 e. The highest BCUT2D eigenvalue weighted by Gasteiger charge is 2.34. The first-order chi connectivity index (χ1) is 20.3. The van der Waals surface area contributed by atoms with Crippen LogP contribution in [0, 0.1) is 24.7 Å². The highest BCUT2D eigenvalue weighted by atomic mass is 32.2. The number of rotatable bonds is 12. The highest BCUT2D eigenvalue weighted by molar-refractivity contribution is 8.00. The van der Waals surface area contributed by atoms with Gasteiger partial charge in [0.1, 0.15) is 6.61 Å². The van der Waals surface area contributed by atoms with Crippen molar-refractivity contribution in [1.29, 1.82) is 0 Å². The second-order valence-electron chi connectivity index (χ2n) is 13.4. The van der Waals surface area contributed by atoms with E-state index in [2.05, 4.69) is 70.6 Å². The minimum Gasteiger partial charge on any atom is -0.478 e. The number of anilines is 1. The number of aromatic nitrogens is 2. The van der Waals surface area contributed by atoms with Crippen LogP contribution in [0.25, 0.3) is 11.3 Å². The summed E-state index contributed by atoms with van der Waals surface area (Å²) in [4.78, 5) is 21.7. The summed E-state index contributed by atoms with van der Waals surface area (Å²) < 4.78 is 15.8. The number of hydrogen-bond acceptors (Lipinski definition) is 8. The largest absolute Gasteiger partial charge is 0.478 e. The molecule has 43 heavy (non-hydrogen) atoms. The molecule has 8 nitrogen and oxygen atoms in total. The Bertz CT molecular complexity index is 1390. The monoisotopic (exact) mass is 606 g/mol. The minimum atomic E-state index is -0.969. The van der Waals surface area contributed by atoms with Crippen molar-refractivity contribution in [3.8, 4) is 17.1 Å². The van der Waals surface area contributed by atoms with E-state index >= 15 is 0 Å². The number of aromatic carboxylic acids is 1. The zero-order valence-electron chi connectivity index (χ0n) is 26.5. The average Bonchev–Trinajstić information content (AvgIpc) is 2.93. The Balaban J connectivity index is 1.56. The SMILES string of the molecule is Cc1cccc(C)c1-c1cc(OCC(CC(C)(C)C)NCC2OCCCC2(C)C)nc(NSc2cccc(C(=O)O)c2)n1. The van der Waals surface area contributed by atoms with E-state index in [-0.39, 0.29) is 28.5 Å². The van der Waals surface area contributed by atoms with E-state index in [1.807, 2.05) is 18.2 Å². The third-order valence-electron chi connectivity index (χ3n) is 7.82. The van der Waals surface area contributed by atoms with Crippen LogP contribution >= 0.6 is 11.9 Å². The smallest absolute Gasteiger partial charge is 0.335 e. The molecule has 1 aliphatic rings. The van der Waals surface area contributed by atoms with Crippen LogP contribution in [0.4, 0.5) is 5.95 Å². The lowest BCUT2D eigenvalue weighted by molar-refractivity contribution is -0.0673. The molecule has 1 saturated heterocycles. The fraction of sp³-hybridized carbons (Fsp3) is 0.500. The van der Waals surface area contributed by atoms with Gasteiger partial charge in [0.05, 0.1) is 17.4 Å². The maximum atomic E-state index is 11.4. The van der Waals surface area contributed by atoms with Gasteiger partial charge in [0, 0.05) is 35.7 Å². The van der Waals surface area contributed by atoms with Crippen molar-refractivity contribution in [3.63, 3.8) is 0 Å². The number of ether oxygens (including phenoxy) is 2. The molecule has 2 heterocycles. The molecule has 0 saturated carbocycles. The van der Waals surface area contributed by atoms with Gasteiger partial charge in [-0.05, 0) is 85.2 Å². The molecule has 3 aromatic rings. The van der Waals surface area contributed by atoms with Crippen LogP contribution in [0.5, 0.6) is 5.88 Å². The Morgan fingerprint density at radius 2 is 1.86 bits per heavy atom. The second-order valence-corrected chi connectivity index (χ2v) is 14.2. The Morgan fingerprint density at radius 3 is 2.53 bits per heavy atom. The molecule has 3 N–H and O–H groups in total. The van der Waals surface area contributed by atoms with E-state index in [1.165, 1.54) is 11.9 Å². The highest BCUT2D eigenvalue weighted by Crippen LogP contribution is 2.34. The van der Waals surface area contributed by atoms with Crippen LogP contribution in [-0.4, -0.2) is 52.9 Å². The van der Waals surface area contributed by atoms with Gasteiger partial charge in [-0.1, -0.05) is 58.9 Å². The van der Waals surface area contributed by atoms with Gasteiger partial charge in [-0.3, -0.25) is 4.72 Å². The molecule has 232 valence electrons. The molecule has 2 unspecified atom stereocenters. The molecule has 1 aromatic heterocycles. The molecule has 0 spiro atoms. The fourth-order valence-corrected chi connectivity index (χ4v) is 6.19. The summed E-state index contributed by atoms with van der Waals surface area (Å²) in [6.07, 6.45) is 3.35. The normalized spacial score (nSPS) is 17.3. The molecule has 4 rings (SSSR count). The van der Waals surface area contributed by atoms with Gasteiger partial charge in [-0.15, -0.1) is 0 Å². The molecule has 2 atom stereocenters. The number of benzene rings is 2. The van der Waals surface area contributed by atoms with Crippen LogP contribution in [0.15, 0.2) is 53.4 Å². The molecule has 0 aliphatic carbocycles. The Kier molecular flexibility index (Phi) is 10.7. The number of nitrogens with zero attached hydrogens (tertiary/aromatic N) is 2. The molecular weight excluding hydrogens is 560 g/mol. The van der Waals surface area contributed by atoms with Gasteiger partial charge in [0.25, 0.3) is 0 Å². The lowest BCUT2D eigenvalue weighted by Gasteiger charge is -2.39. The van der Waals surface area contributed by atoms with Crippen LogP contribution in [0.1, 0.15) is 75.4 Å². The van der Waals surface area contributed by atoms with E-state index in [4.69, 9.17) is 19.4 Å². The zero-order chi connectivity index (χ0) is 31.2. The van der Waals surface area contributed by atoms with Crippen LogP contribution in [0.3, 0.4) is 0 Å². The molecule has 1 fully saturated rings.